The highest BCUT2D eigenvalue weighted by Gasteiger charge is 2.09. The van der Waals surface area contributed by atoms with E-state index in [9.17, 15) is 20.2 Å². The maximum atomic E-state index is 10.8. The Morgan fingerprint density at radius 1 is 0.926 bits per heavy atom. The standard InChI is InChI=1S/C19H18N4O4/c1-21(11-10-14-2-6-17(7-3-14)22(24)25)13-16-5-4-15-12-18(23(26)27)8-9-19(15)20-16/h2-9,12H,10-11,13H2,1H3. The van der Waals surface area contributed by atoms with E-state index in [4.69, 9.17) is 0 Å². The van der Waals surface area contributed by atoms with E-state index in [2.05, 4.69) is 9.88 Å². The summed E-state index contributed by atoms with van der Waals surface area (Å²) in [5.74, 6) is 0. The lowest BCUT2D eigenvalue weighted by atomic mass is 10.1. The van der Waals surface area contributed by atoms with Crippen molar-refractivity contribution in [1.29, 1.82) is 0 Å². The SMILES string of the molecule is CN(CCc1ccc([N+](=O)[O-])cc1)Cc1ccc2cc([N+](=O)[O-])ccc2n1. The van der Waals surface area contributed by atoms with E-state index in [0.717, 1.165) is 35.1 Å². The molecular weight excluding hydrogens is 348 g/mol. The first-order chi connectivity index (χ1) is 12.9. The van der Waals surface area contributed by atoms with Gasteiger partial charge in [-0.25, -0.2) is 0 Å². The molecule has 0 fully saturated rings. The first-order valence-electron chi connectivity index (χ1n) is 8.38. The van der Waals surface area contributed by atoms with Gasteiger partial charge in [-0.05, 0) is 31.2 Å². The number of aromatic nitrogens is 1. The van der Waals surface area contributed by atoms with Gasteiger partial charge in [0, 0.05) is 42.7 Å². The number of fused-ring (bicyclic) bond motifs is 1. The molecule has 3 aromatic rings. The third kappa shape index (κ3) is 4.62. The van der Waals surface area contributed by atoms with Gasteiger partial charge in [0.1, 0.15) is 0 Å². The summed E-state index contributed by atoms with van der Waals surface area (Å²) < 4.78 is 0. The van der Waals surface area contributed by atoms with Crippen molar-refractivity contribution < 1.29 is 9.85 Å². The van der Waals surface area contributed by atoms with Crippen molar-refractivity contribution in [1.82, 2.24) is 9.88 Å². The Bertz CT molecular complexity index is 989. The van der Waals surface area contributed by atoms with Crippen LogP contribution in [0, 0.1) is 20.2 Å². The quantitative estimate of drug-likeness (QED) is 0.466. The fourth-order valence-corrected chi connectivity index (χ4v) is 2.82. The second-order valence-electron chi connectivity index (χ2n) is 6.35. The zero-order chi connectivity index (χ0) is 19.4. The Morgan fingerprint density at radius 2 is 1.59 bits per heavy atom. The summed E-state index contributed by atoms with van der Waals surface area (Å²) in [6.45, 7) is 1.41. The Hall–Kier alpha value is -3.39. The summed E-state index contributed by atoms with van der Waals surface area (Å²) in [6.07, 6.45) is 0.772. The van der Waals surface area contributed by atoms with E-state index in [1.807, 2.05) is 19.2 Å². The Balaban J connectivity index is 1.61. The van der Waals surface area contributed by atoms with E-state index < -0.39 is 9.85 Å². The molecule has 2 aromatic carbocycles. The van der Waals surface area contributed by atoms with Crippen LogP contribution in [0.15, 0.2) is 54.6 Å². The van der Waals surface area contributed by atoms with Gasteiger partial charge in [0.2, 0.25) is 0 Å². The van der Waals surface area contributed by atoms with Crippen LogP contribution in [-0.4, -0.2) is 33.3 Å². The Morgan fingerprint density at radius 3 is 2.26 bits per heavy atom. The molecule has 1 aromatic heterocycles. The van der Waals surface area contributed by atoms with Gasteiger partial charge in [0.15, 0.2) is 0 Å². The fraction of sp³-hybridized carbons (Fsp3) is 0.211. The average Bonchev–Trinajstić information content (AvgIpc) is 2.66. The number of hydrogen-bond donors (Lipinski definition) is 0. The largest absolute Gasteiger partial charge is 0.300 e. The van der Waals surface area contributed by atoms with Crippen LogP contribution in [0.3, 0.4) is 0 Å². The number of nitro benzene ring substituents is 2. The number of likely N-dealkylation sites (N-methyl/N-ethyl adjacent to an activating group) is 1. The maximum absolute atomic E-state index is 10.8. The number of benzene rings is 2. The zero-order valence-electron chi connectivity index (χ0n) is 14.7. The molecule has 0 radical (unpaired) electrons. The second-order valence-corrected chi connectivity index (χ2v) is 6.35. The van der Waals surface area contributed by atoms with Gasteiger partial charge < -0.3 is 4.90 Å². The normalized spacial score (nSPS) is 11.0. The molecule has 0 atom stereocenters. The molecule has 0 aliphatic heterocycles. The van der Waals surface area contributed by atoms with Crippen molar-refractivity contribution >= 4 is 22.3 Å². The van der Waals surface area contributed by atoms with E-state index in [1.54, 1.807) is 18.2 Å². The fourth-order valence-electron chi connectivity index (χ4n) is 2.82. The highest BCUT2D eigenvalue weighted by atomic mass is 16.6. The van der Waals surface area contributed by atoms with Crippen molar-refractivity contribution in [2.45, 2.75) is 13.0 Å². The van der Waals surface area contributed by atoms with Crippen LogP contribution in [0.25, 0.3) is 10.9 Å². The molecule has 1 heterocycles. The van der Waals surface area contributed by atoms with Crippen LogP contribution < -0.4 is 0 Å². The average molecular weight is 366 g/mol. The van der Waals surface area contributed by atoms with Gasteiger partial charge in [0.05, 0.1) is 21.1 Å². The minimum atomic E-state index is -0.417. The lowest BCUT2D eigenvalue weighted by Crippen LogP contribution is -2.21. The second kappa shape index (κ2) is 7.88. The molecule has 0 unspecified atom stereocenters. The predicted octanol–water partition coefficient (Wildman–Crippen LogP) is 3.73. The molecule has 0 aliphatic carbocycles. The van der Waals surface area contributed by atoms with E-state index in [1.165, 1.54) is 24.3 Å². The molecule has 0 amide bonds. The van der Waals surface area contributed by atoms with Gasteiger partial charge in [-0.2, -0.15) is 0 Å². The van der Waals surface area contributed by atoms with Crippen LogP contribution in [-0.2, 0) is 13.0 Å². The van der Waals surface area contributed by atoms with Crippen molar-refractivity contribution in [3.8, 4) is 0 Å². The molecule has 27 heavy (non-hydrogen) atoms. The number of nitrogens with zero attached hydrogens (tertiary/aromatic N) is 4. The Labute approximate surface area is 155 Å². The first kappa shape index (κ1) is 18.4. The lowest BCUT2D eigenvalue weighted by Gasteiger charge is -2.16. The number of hydrogen-bond acceptors (Lipinski definition) is 6. The molecule has 0 spiro atoms. The molecule has 0 saturated carbocycles. The van der Waals surface area contributed by atoms with Crippen LogP contribution in [0.2, 0.25) is 0 Å². The molecule has 8 heteroatoms. The van der Waals surface area contributed by atoms with Gasteiger partial charge in [-0.15, -0.1) is 0 Å². The van der Waals surface area contributed by atoms with Crippen molar-refractivity contribution in [2.24, 2.45) is 0 Å². The third-order valence-corrected chi connectivity index (χ3v) is 4.30. The van der Waals surface area contributed by atoms with Gasteiger partial charge in [0.25, 0.3) is 11.4 Å². The van der Waals surface area contributed by atoms with Gasteiger partial charge in [-0.1, -0.05) is 18.2 Å². The highest BCUT2D eigenvalue weighted by molar-refractivity contribution is 5.81. The van der Waals surface area contributed by atoms with Crippen molar-refractivity contribution in [3.63, 3.8) is 0 Å². The van der Waals surface area contributed by atoms with Gasteiger partial charge in [-0.3, -0.25) is 25.2 Å². The van der Waals surface area contributed by atoms with Crippen LogP contribution in [0.5, 0.6) is 0 Å². The van der Waals surface area contributed by atoms with Crippen LogP contribution in [0.1, 0.15) is 11.3 Å². The predicted molar refractivity (Wildman–Crippen MR) is 102 cm³/mol. The summed E-state index contributed by atoms with van der Waals surface area (Å²) in [7, 11) is 1.98. The third-order valence-electron chi connectivity index (χ3n) is 4.30. The molecular formula is C19H18N4O4. The lowest BCUT2D eigenvalue weighted by molar-refractivity contribution is -0.385. The van der Waals surface area contributed by atoms with Crippen molar-refractivity contribution in [2.75, 3.05) is 13.6 Å². The van der Waals surface area contributed by atoms with E-state index >= 15 is 0 Å². The molecule has 0 aliphatic rings. The Kier molecular flexibility index (Phi) is 5.37. The summed E-state index contributed by atoms with van der Waals surface area (Å²) in [6, 6.07) is 14.9. The maximum Gasteiger partial charge on any atom is 0.270 e. The number of rotatable bonds is 7. The molecule has 0 bridgehead atoms. The number of nitro groups is 2. The van der Waals surface area contributed by atoms with Crippen LogP contribution in [0.4, 0.5) is 11.4 Å². The summed E-state index contributed by atoms with van der Waals surface area (Å²) in [5.41, 5.74) is 2.78. The highest BCUT2D eigenvalue weighted by Crippen LogP contribution is 2.20. The molecule has 0 N–H and O–H groups in total. The number of non-ortho nitro benzene ring substituents is 2. The van der Waals surface area contributed by atoms with Crippen LogP contribution >= 0.6 is 0 Å². The monoisotopic (exact) mass is 366 g/mol. The molecule has 8 nitrogen and oxygen atoms in total. The summed E-state index contributed by atoms with van der Waals surface area (Å²) >= 11 is 0. The number of pyridine rings is 1. The molecule has 138 valence electrons. The van der Waals surface area contributed by atoms with Crippen molar-refractivity contribution in [3.05, 3.63) is 86.1 Å². The minimum absolute atomic E-state index is 0.0530. The molecule has 3 rings (SSSR count). The van der Waals surface area contributed by atoms with E-state index in [-0.39, 0.29) is 11.4 Å². The van der Waals surface area contributed by atoms with E-state index in [0.29, 0.717) is 6.54 Å². The summed E-state index contributed by atoms with van der Waals surface area (Å²) in [5, 5.41) is 22.3. The zero-order valence-corrected chi connectivity index (χ0v) is 14.7. The minimum Gasteiger partial charge on any atom is -0.300 e. The molecule has 0 saturated heterocycles. The topological polar surface area (TPSA) is 102 Å². The smallest absolute Gasteiger partial charge is 0.270 e. The first-order valence-corrected chi connectivity index (χ1v) is 8.38. The summed E-state index contributed by atoms with van der Waals surface area (Å²) in [4.78, 5) is 27.4. The van der Waals surface area contributed by atoms with Gasteiger partial charge >= 0.3 is 0 Å².